The molecule has 2 aromatic rings. The summed E-state index contributed by atoms with van der Waals surface area (Å²) in [7, 11) is 5.50. The van der Waals surface area contributed by atoms with Gasteiger partial charge in [-0.05, 0) is 32.3 Å². The third-order valence-electron chi connectivity index (χ3n) is 4.02. The van der Waals surface area contributed by atoms with Crippen LogP contribution in [0.4, 0.5) is 0 Å². The van der Waals surface area contributed by atoms with Gasteiger partial charge >= 0.3 is 5.97 Å². The average Bonchev–Trinajstić information content (AvgIpc) is 3.06. The molecule has 0 fully saturated rings. The highest BCUT2D eigenvalue weighted by molar-refractivity contribution is 6.04. The summed E-state index contributed by atoms with van der Waals surface area (Å²) in [5.41, 5.74) is 2.78. The van der Waals surface area contributed by atoms with Crippen molar-refractivity contribution in [1.29, 1.82) is 0 Å². The Morgan fingerprint density at radius 3 is 2.64 bits per heavy atom. The van der Waals surface area contributed by atoms with Gasteiger partial charge in [0, 0.05) is 31.0 Å². The van der Waals surface area contributed by atoms with Crippen molar-refractivity contribution < 1.29 is 14.6 Å². The molecule has 1 aromatic heterocycles. The van der Waals surface area contributed by atoms with Crippen molar-refractivity contribution in [2.24, 2.45) is 0 Å². The van der Waals surface area contributed by atoms with Crippen LogP contribution in [0.2, 0.25) is 0 Å². The van der Waals surface area contributed by atoms with E-state index in [0.717, 1.165) is 23.2 Å². The van der Waals surface area contributed by atoms with Gasteiger partial charge < -0.3 is 19.6 Å². The normalized spacial score (nSPS) is 12.1. The summed E-state index contributed by atoms with van der Waals surface area (Å²) in [5, 5.41) is 11.7. The van der Waals surface area contributed by atoms with Crippen LogP contribution in [0, 0.1) is 0 Å². The maximum Gasteiger partial charge on any atom is 0.374 e. The van der Waals surface area contributed by atoms with Gasteiger partial charge in [-0.1, -0.05) is 24.3 Å². The molecule has 1 atom stereocenters. The Balaban J connectivity index is 2.18. The van der Waals surface area contributed by atoms with Gasteiger partial charge in [-0.25, -0.2) is 9.78 Å². The summed E-state index contributed by atoms with van der Waals surface area (Å²) < 4.78 is 6.84. The van der Waals surface area contributed by atoms with Gasteiger partial charge in [0.2, 0.25) is 5.82 Å². The Morgan fingerprint density at radius 1 is 1.36 bits per heavy atom. The van der Waals surface area contributed by atoms with Gasteiger partial charge in [-0.15, -0.1) is 0 Å². The van der Waals surface area contributed by atoms with Crippen molar-refractivity contribution in [1.82, 2.24) is 14.8 Å². The smallest absolute Gasteiger partial charge is 0.374 e. The van der Waals surface area contributed by atoms with Gasteiger partial charge in [0.15, 0.2) is 7.98 Å². The number of aromatic nitrogens is 2. The number of ether oxygens (including phenoxy) is 1. The second-order valence-corrected chi connectivity index (χ2v) is 5.73. The molecule has 0 aliphatic heterocycles. The molecular formula is C18H24BN3O3. The molecule has 1 heterocycles. The van der Waals surface area contributed by atoms with E-state index in [1.165, 1.54) is 0 Å². The van der Waals surface area contributed by atoms with Crippen LogP contribution in [-0.2, 0) is 17.7 Å². The van der Waals surface area contributed by atoms with Crippen molar-refractivity contribution in [2.45, 2.75) is 39.3 Å². The lowest BCUT2D eigenvalue weighted by atomic mass is 10.0. The second-order valence-electron chi connectivity index (χ2n) is 5.73. The van der Waals surface area contributed by atoms with Crippen molar-refractivity contribution in [3.05, 3.63) is 41.9 Å². The number of hydrogen-bond donors (Lipinski definition) is 2. The molecule has 0 aliphatic rings. The summed E-state index contributed by atoms with van der Waals surface area (Å²) in [6, 6.07) is 7.99. The van der Waals surface area contributed by atoms with Gasteiger partial charge in [0.1, 0.15) is 0 Å². The van der Waals surface area contributed by atoms with Crippen molar-refractivity contribution in [3.8, 4) is 11.3 Å². The molecule has 2 radical (unpaired) electrons. The van der Waals surface area contributed by atoms with Crippen LogP contribution in [-0.4, -0.2) is 47.9 Å². The number of imidazole rings is 1. The Bertz CT molecular complexity index is 685. The fourth-order valence-corrected chi connectivity index (χ4v) is 2.65. The van der Waals surface area contributed by atoms with Gasteiger partial charge in [-0.3, -0.25) is 0 Å². The second kappa shape index (κ2) is 9.39. The van der Waals surface area contributed by atoms with Crippen molar-refractivity contribution >= 4 is 14.0 Å². The number of aliphatic hydroxyl groups is 1. The standard InChI is InChI=1S/C18H24BN3O3/c1-3-22-12-16(20-17(22)18(24)25-4-2)14-7-5-13(6-8-14)11-15(21-19)9-10-23/h5-8,12,15,21,23H,3-4,9-11H2,1-2H3. The number of carbonyl (C=O) groups is 1. The minimum atomic E-state index is -0.409. The van der Waals surface area contributed by atoms with E-state index in [1.807, 2.05) is 37.4 Å². The summed E-state index contributed by atoms with van der Waals surface area (Å²) in [6.45, 7) is 4.79. The number of carbonyl (C=O) groups excluding carboxylic acids is 1. The zero-order valence-corrected chi connectivity index (χ0v) is 14.7. The van der Waals surface area contributed by atoms with Gasteiger partial charge in [0.25, 0.3) is 0 Å². The number of nitrogens with zero attached hydrogens (tertiary/aromatic N) is 2. The van der Waals surface area contributed by atoms with E-state index >= 15 is 0 Å². The third-order valence-corrected chi connectivity index (χ3v) is 4.02. The van der Waals surface area contributed by atoms with Crippen LogP contribution in [0.5, 0.6) is 0 Å². The van der Waals surface area contributed by atoms with Gasteiger partial charge in [0.05, 0.1) is 12.3 Å². The molecule has 0 bridgehead atoms. The number of esters is 1. The summed E-state index contributed by atoms with van der Waals surface area (Å²) in [6.07, 6.45) is 3.19. The summed E-state index contributed by atoms with van der Waals surface area (Å²) in [5.74, 6) is -0.0909. The Kier molecular flexibility index (Phi) is 7.22. The molecule has 0 saturated carbocycles. The number of nitrogens with one attached hydrogen (secondary N) is 1. The van der Waals surface area contributed by atoms with Crippen LogP contribution >= 0.6 is 0 Å². The highest BCUT2D eigenvalue weighted by Crippen LogP contribution is 2.20. The van der Waals surface area contributed by atoms with Crippen LogP contribution in [0.1, 0.15) is 36.5 Å². The SMILES string of the molecule is [B]NC(CCO)Cc1ccc(-c2cn(CC)c(C(=O)OCC)n2)cc1. The molecule has 0 saturated heterocycles. The lowest BCUT2D eigenvalue weighted by molar-refractivity contribution is 0.0506. The first-order valence-electron chi connectivity index (χ1n) is 8.53. The number of rotatable bonds is 9. The molecular weight excluding hydrogens is 317 g/mol. The number of hydrogen-bond acceptors (Lipinski definition) is 5. The van der Waals surface area contributed by atoms with Crippen molar-refractivity contribution in [2.75, 3.05) is 13.2 Å². The van der Waals surface area contributed by atoms with E-state index in [4.69, 9.17) is 17.8 Å². The largest absolute Gasteiger partial charge is 0.460 e. The molecule has 0 amide bonds. The van der Waals surface area contributed by atoms with Crippen molar-refractivity contribution in [3.63, 3.8) is 0 Å². The van der Waals surface area contributed by atoms with E-state index in [0.29, 0.717) is 25.4 Å². The van der Waals surface area contributed by atoms with E-state index in [2.05, 4.69) is 10.2 Å². The minimum Gasteiger partial charge on any atom is -0.460 e. The zero-order chi connectivity index (χ0) is 18.2. The predicted molar refractivity (Wildman–Crippen MR) is 97.4 cm³/mol. The molecule has 132 valence electrons. The van der Waals surface area contributed by atoms with E-state index in [9.17, 15) is 4.79 Å². The van der Waals surface area contributed by atoms with E-state index in [-0.39, 0.29) is 12.6 Å². The highest BCUT2D eigenvalue weighted by Gasteiger charge is 2.17. The Hall–Kier alpha value is -2.12. The molecule has 0 aliphatic carbocycles. The number of aryl methyl sites for hydroxylation is 1. The van der Waals surface area contributed by atoms with Gasteiger partial charge in [-0.2, -0.15) is 0 Å². The molecule has 7 heteroatoms. The number of aliphatic hydroxyl groups excluding tert-OH is 1. The molecule has 2 rings (SSSR count). The van der Waals surface area contributed by atoms with E-state index < -0.39 is 5.97 Å². The maximum absolute atomic E-state index is 12.0. The summed E-state index contributed by atoms with van der Waals surface area (Å²) >= 11 is 0. The van der Waals surface area contributed by atoms with Crippen LogP contribution in [0.15, 0.2) is 30.5 Å². The third kappa shape index (κ3) is 4.93. The topological polar surface area (TPSA) is 76.4 Å². The quantitative estimate of drug-likeness (QED) is 0.536. The van der Waals surface area contributed by atoms with Crippen LogP contribution in [0.25, 0.3) is 11.3 Å². The van der Waals surface area contributed by atoms with Crippen LogP contribution in [0.3, 0.4) is 0 Å². The molecule has 1 aromatic carbocycles. The average molecular weight is 341 g/mol. The zero-order valence-electron chi connectivity index (χ0n) is 14.7. The fourth-order valence-electron chi connectivity index (χ4n) is 2.65. The molecule has 6 nitrogen and oxygen atoms in total. The predicted octanol–water partition coefficient (Wildman–Crippen LogP) is 1.71. The first kappa shape index (κ1) is 19.2. The first-order chi connectivity index (χ1) is 12.1. The maximum atomic E-state index is 12.0. The fraction of sp³-hybridized carbons (Fsp3) is 0.444. The first-order valence-corrected chi connectivity index (χ1v) is 8.53. The molecule has 25 heavy (non-hydrogen) atoms. The highest BCUT2D eigenvalue weighted by atomic mass is 16.5. The van der Waals surface area contributed by atoms with E-state index in [1.54, 1.807) is 11.5 Å². The monoisotopic (exact) mass is 341 g/mol. The minimum absolute atomic E-state index is 0.0329. The summed E-state index contributed by atoms with van der Waals surface area (Å²) in [4.78, 5) is 16.4. The number of benzene rings is 1. The van der Waals surface area contributed by atoms with Crippen LogP contribution < -0.4 is 5.23 Å². The molecule has 0 spiro atoms. The lowest BCUT2D eigenvalue weighted by Crippen LogP contribution is -2.29. The molecule has 2 N–H and O–H groups in total. The molecule has 1 unspecified atom stereocenters. The lowest BCUT2D eigenvalue weighted by Gasteiger charge is -2.15. The Labute approximate surface area is 149 Å². The Morgan fingerprint density at radius 2 is 2.08 bits per heavy atom.